The largest absolute Gasteiger partial charge is 0.491 e. The van der Waals surface area contributed by atoms with Crippen molar-refractivity contribution in [3.8, 4) is 11.4 Å². The summed E-state index contributed by atoms with van der Waals surface area (Å²) in [7, 11) is 0. The van der Waals surface area contributed by atoms with E-state index in [0.29, 0.717) is 15.7 Å². The second kappa shape index (κ2) is 7.76. The van der Waals surface area contributed by atoms with Gasteiger partial charge in [-0.3, -0.25) is 9.36 Å². The summed E-state index contributed by atoms with van der Waals surface area (Å²) in [6, 6.07) is 14.9. The van der Waals surface area contributed by atoms with Gasteiger partial charge in [-0.2, -0.15) is 0 Å². The number of rotatable bonds is 5. The minimum absolute atomic E-state index is 0.0397. The van der Waals surface area contributed by atoms with E-state index in [2.05, 4.69) is 4.98 Å². The van der Waals surface area contributed by atoms with Crippen LogP contribution in [0.1, 0.15) is 16.5 Å². The number of halogens is 1. The van der Waals surface area contributed by atoms with Crippen molar-refractivity contribution in [1.82, 2.24) is 9.55 Å². The molecule has 0 radical (unpaired) electrons. The fraction of sp³-hybridized carbons (Fsp3) is 0.200. The van der Waals surface area contributed by atoms with Gasteiger partial charge in [0.2, 0.25) is 0 Å². The monoisotopic (exact) mass is 400 g/mol. The fourth-order valence-corrected chi connectivity index (χ4v) is 4.42. The summed E-state index contributed by atoms with van der Waals surface area (Å²) in [5.74, 6) is 0.646. The molecule has 3 aromatic rings. The maximum Gasteiger partial charge on any atom is 0.271 e. The van der Waals surface area contributed by atoms with Crippen LogP contribution in [0.15, 0.2) is 64.5 Å². The minimum Gasteiger partial charge on any atom is -0.491 e. The van der Waals surface area contributed by atoms with E-state index >= 15 is 0 Å². The zero-order valence-electron chi connectivity index (χ0n) is 14.3. The van der Waals surface area contributed by atoms with E-state index in [9.17, 15) is 4.79 Å². The van der Waals surface area contributed by atoms with Crippen LogP contribution in [0.2, 0.25) is 5.02 Å². The van der Waals surface area contributed by atoms with Crippen LogP contribution in [0.5, 0.6) is 5.75 Å². The number of hydrogen-bond donors (Lipinski definition) is 1. The molecule has 0 aliphatic carbocycles. The van der Waals surface area contributed by atoms with Gasteiger partial charge in [-0.05, 0) is 42.0 Å². The lowest BCUT2D eigenvalue weighted by Gasteiger charge is -2.09. The highest BCUT2D eigenvalue weighted by molar-refractivity contribution is 7.99. The van der Waals surface area contributed by atoms with Gasteiger partial charge in [0.1, 0.15) is 18.7 Å². The van der Waals surface area contributed by atoms with Crippen LogP contribution in [0, 0.1) is 0 Å². The molecule has 4 rings (SSSR count). The summed E-state index contributed by atoms with van der Waals surface area (Å²) in [6.07, 6.45) is 2.31. The van der Waals surface area contributed by atoms with Gasteiger partial charge < -0.3 is 9.84 Å². The normalized spacial score (nSPS) is 15.6. The number of nitrogens with zero attached hydrogens (tertiary/aromatic N) is 2. The number of fused-ring (bicyclic) bond motifs is 1. The lowest BCUT2D eigenvalue weighted by molar-refractivity contribution is 0.201. The van der Waals surface area contributed by atoms with Crippen molar-refractivity contribution in [2.75, 3.05) is 13.2 Å². The number of aliphatic hydroxyl groups is 1. The lowest BCUT2D eigenvalue weighted by Crippen LogP contribution is -2.20. The van der Waals surface area contributed by atoms with E-state index in [-0.39, 0.29) is 24.0 Å². The fourth-order valence-electron chi connectivity index (χ4n) is 3.01. The first-order valence-corrected chi connectivity index (χ1v) is 9.78. The van der Waals surface area contributed by atoms with Crippen molar-refractivity contribution < 1.29 is 9.84 Å². The molecule has 1 atom stereocenters. The average Bonchev–Trinajstić information content (AvgIpc) is 3.13. The van der Waals surface area contributed by atoms with E-state index in [1.807, 2.05) is 24.3 Å². The van der Waals surface area contributed by atoms with E-state index < -0.39 is 0 Å². The van der Waals surface area contributed by atoms with Gasteiger partial charge in [0.25, 0.3) is 5.56 Å². The lowest BCUT2D eigenvalue weighted by atomic mass is 10.1. The highest BCUT2D eigenvalue weighted by Crippen LogP contribution is 2.44. The SMILES string of the molecule is O=c1c2c(ncn1-c1ccc(OCCO)cc1)CC(c1ccc(Cl)cc1)S2. The molecule has 0 saturated carbocycles. The number of aliphatic hydroxyl groups excluding tert-OH is 1. The van der Waals surface area contributed by atoms with Crippen LogP contribution in [-0.2, 0) is 6.42 Å². The first kappa shape index (κ1) is 18.1. The molecule has 7 heteroatoms. The van der Waals surface area contributed by atoms with Crippen molar-refractivity contribution >= 4 is 23.4 Å². The second-order valence-electron chi connectivity index (χ2n) is 6.12. The predicted octanol–water partition coefficient (Wildman–Crippen LogP) is 3.65. The zero-order chi connectivity index (χ0) is 18.8. The molecular weight excluding hydrogens is 384 g/mol. The summed E-state index contributed by atoms with van der Waals surface area (Å²) in [5, 5.41) is 9.69. The third-order valence-electron chi connectivity index (χ3n) is 4.36. The molecule has 1 N–H and O–H groups in total. The van der Waals surface area contributed by atoms with Crippen LogP contribution in [0.25, 0.3) is 5.69 Å². The molecule has 138 valence electrons. The predicted molar refractivity (Wildman–Crippen MR) is 106 cm³/mol. The number of hydrogen-bond acceptors (Lipinski definition) is 5. The van der Waals surface area contributed by atoms with Gasteiger partial charge in [-0.25, -0.2) is 4.98 Å². The summed E-state index contributed by atoms with van der Waals surface area (Å²) in [5.41, 5.74) is 2.63. The topological polar surface area (TPSA) is 64.4 Å². The average molecular weight is 401 g/mol. The summed E-state index contributed by atoms with van der Waals surface area (Å²) < 4.78 is 6.90. The highest BCUT2D eigenvalue weighted by atomic mass is 35.5. The molecule has 2 heterocycles. The summed E-state index contributed by atoms with van der Waals surface area (Å²) in [4.78, 5) is 18.2. The van der Waals surface area contributed by atoms with Crippen molar-refractivity contribution in [2.45, 2.75) is 16.6 Å². The maximum atomic E-state index is 13.0. The Morgan fingerprint density at radius 3 is 2.63 bits per heavy atom. The molecule has 27 heavy (non-hydrogen) atoms. The second-order valence-corrected chi connectivity index (χ2v) is 7.77. The first-order valence-electron chi connectivity index (χ1n) is 8.52. The van der Waals surface area contributed by atoms with Crippen LogP contribution in [0.4, 0.5) is 0 Å². The molecule has 5 nitrogen and oxygen atoms in total. The number of ether oxygens (including phenoxy) is 1. The molecule has 1 aliphatic heterocycles. The molecule has 0 bridgehead atoms. The highest BCUT2D eigenvalue weighted by Gasteiger charge is 2.28. The van der Waals surface area contributed by atoms with Crippen LogP contribution in [0.3, 0.4) is 0 Å². The Bertz CT molecular complexity index is 1000. The molecule has 1 aliphatic rings. The van der Waals surface area contributed by atoms with Gasteiger partial charge in [0.05, 0.1) is 22.9 Å². The van der Waals surface area contributed by atoms with Crippen LogP contribution < -0.4 is 10.3 Å². The number of thioether (sulfide) groups is 1. The van der Waals surface area contributed by atoms with E-state index in [1.54, 1.807) is 46.9 Å². The van der Waals surface area contributed by atoms with E-state index in [0.717, 1.165) is 23.4 Å². The van der Waals surface area contributed by atoms with Gasteiger partial charge in [0.15, 0.2) is 0 Å². The van der Waals surface area contributed by atoms with E-state index in [1.165, 1.54) is 0 Å². The van der Waals surface area contributed by atoms with Gasteiger partial charge in [0, 0.05) is 16.7 Å². The van der Waals surface area contributed by atoms with Crippen molar-refractivity contribution in [3.05, 3.63) is 81.5 Å². The van der Waals surface area contributed by atoms with Crippen molar-refractivity contribution in [2.24, 2.45) is 0 Å². The molecule has 0 saturated heterocycles. The molecular formula is C20H17ClN2O3S. The standard InChI is InChI=1S/C20H17ClN2O3S/c21-14-3-1-13(2-4-14)18-11-17-19(27-18)20(25)23(12-22-17)15-5-7-16(8-6-15)26-10-9-24/h1-8,12,18,24H,9-11H2. The van der Waals surface area contributed by atoms with Crippen molar-refractivity contribution in [3.63, 3.8) is 0 Å². The Hall–Kier alpha value is -2.28. The van der Waals surface area contributed by atoms with Gasteiger partial charge in [-0.15, -0.1) is 11.8 Å². The Morgan fingerprint density at radius 1 is 1.19 bits per heavy atom. The first-order chi connectivity index (χ1) is 13.2. The Labute approximate surface area is 165 Å². The third kappa shape index (κ3) is 3.74. The summed E-state index contributed by atoms with van der Waals surface area (Å²) in [6.45, 7) is 0.199. The van der Waals surface area contributed by atoms with Gasteiger partial charge >= 0.3 is 0 Å². The number of aromatic nitrogens is 2. The maximum absolute atomic E-state index is 13.0. The van der Waals surface area contributed by atoms with E-state index in [4.69, 9.17) is 21.4 Å². The third-order valence-corrected chi connectivity index (χ3v) is 5.98. The number of benzene rings is 2. The quantitative estimate of drug-likeness (QED) is 0.708. The molecule has 0 spiro atoms. The molecule has 1 unspecified atom stereocenters. The molecule has 0 fully saturated rings. The minimum atomic E-state index is -0.0644. The molecule has 2 aromatic carbocycles. The van der Waals surface area contributed by atoms with Crippen LogP contribution in [-0.4, -0.2) is 27.9 Å². The zero-order valence-corrected chi connectivity index (χ0v) is 15.9. The van der Waals surface area contributed by atoms with Crippen molar-refractivity contribution in [1.29, 1.82) is 0 Å². The summed E-state index contributed by atoms with van der Waals surface area (Å²) >= 11 is 7.52. The van der Waals surface area contributed by atoms with Gasteiger partial charge in [-0.1, -0.05) is 23.7 Å². The smallest absolute Gasteiger partial charge is 0.271 e. The van der Waals surface area contributed by atoms with Crippen LogP contribution >= 0.6 is 23.4 Å². The Balaban J connectivity index is 1.59. The Morgan fingerprint density at radius 2 is 1.93 bits per heavy atom. The molecule has 1 aromatic heterocycles. The Kier molecular flexibility index (Phi) is 5.20. The molecule has 0 amide bonds.